The Balaban J connectivity index is 0.978. The van der Waals surface area contributed by atoms with E-state index in [1.807, 2.05) is 11.3 Å². The molecule has 0 radical (unpaired) electrons. The van der Waals surface area contributed by atoms with E-state index in [-0.39, 0.29) is 10.8 Å². The van der Waals surface area contributed by atoms with Gasteiger partial charge in [-0.15, -0.1) is 11.3 Å². The Morgan fingerprint density at radius 1 is 0.328 bits per heavy atom. The zero-order valence-corrected chi connectivity index (χ0v) is 39.6. The van der Waals surface area contributed by atoms with Crippen molar-refractivity contribution in [3.63, 3.8) is 0 Å². The number of fused-ring (bicyclic) bond motifs is 14. The highest BCUT2D eigenvalue weighted by Gasteiger charge is 2.37. The minimum Gasteiger partial charge on any atom is -0.310 e. The first-order chi connectivity index (χ1) is 32.5. The minimum atomic E-state index is -0.102. The van der Waals surface area contributed by atoms with Gasteiger partial charge in [-0.05, 0) is 147 Å². The van der Waals surface area contributed by atoms with Gasteiger partial charge in [0.25, 0.3) is 0 Å². The molecule has 13 rings (SSSR count). The molecule has 0 fully saturated rings. The van der Waals surface area contributed by atoms with Crippen molar-refractivity contribution in [3.8, 4) is 22.3 Å². The summed E-state index contributed by atoms with van der Waals surface area (Å²) in [6.45, 7) is 13.8. The van der Waals surface area contributed by atoms with Crippen LogP contribution in [0.4, 0.5) is 34.1 Å². The maximum Gasteiger partial charge on any atom is 0.0476 e. The minimum absolute atomic E-state index is 0.0971. The Bertz CT molecular complexity index is 3830. The van der Waals surface area contributed by atoms with Crippen LogP contribution in [0.15, 0.2) is 194 Å². The molecule has 1 aromatic heterocycles. The molecule has 1 heterocycles. The normalized spacial score (nSPS) is 14.1. The highest BCUT2D eigenvalue weighted by molar-refractivity contribution is 7.27. The molecule has 67 heavy (non-hydrogen) atoms. The molecular formula is C64H50N2S. The maximum atomic E-state index is 2.45. The van der Waals surface area contributed by atoms with Crippen LogP contribution in [0.3, 0.4) is 0 Å². The van der Waals surface area contributed by atoms with Crippen LogP contribution in [0.2, 0.25) is 0 Å². The van der Waals surface area contributed by atoms with Crippen molar-refractivity contribution in [1.82, 2.24) is 0 Å². The number of hydrogen-bond acceptors (Lipinski definition) is 3. The lowest BCUT2D eigenvalue weighted by Gasteiger charge is -2.28. The van der Waals surface area contributed by atoms with E-state index in [1.165, 1.54) is 103 Å². The summed E-state index contributed by atoms with van der Waals surface area (Å²) in [5, 5.41) is 7.73. The lowest BCUT2D eigenvalue weighted by molar-refractivity contribution is 0.660. The summed E-state index contributed by atoms with van der Waals surface area (Å²) >= 11 is 1.92. The highest BCUT2D eigenvalue weighted by Crippen LogP contribution is 2.53. The van der Waals surface area contributed by atoms with Gasteiger partial charge in [0.2, 0.25) is 0 Å². The SMILES string of the molecule is Cc1ccc(N(c2ccc3c(c2)C(C)(C)c2ccccc2-3)c2ccc3c(c2)sc2c4ccc(N(c5ccc(C)cc5)c5ccc6c(c5)C(C)(C)c5ccccc5-6)cc4c4ccccc4c32)cc1. The van der Waals surface area contributed by atoms with Gasteiger partial charge in [0.15, 0.2) is 0 Å². The fraction of sp³-hybridized carbons (Fsp3) is 0.125. The first-order valence-corrected chi connectivity index (χ1v) is 24.4. The predicted octanol–water partition coefficient (Wildman–Crippen LogP) is 18.5. The lowest BCUT2D eigenvalue weighted by Crippen LogP contribution is -2.16. The van der Waals surface area contributed by atoms with E-state index in [2.05, 4.69) is 245 Å². The van der Waals surface area contributed by atoms with Crippen LogP contribution in [0.1, 0.15) is 61.1 Å². The van der Waals surface area contributed by atoms with Gasteiger partial charge in [-0.25, -0.2) is 0 Å². The molecule has 0 saturated carbocycles. The number of anilines is 6. The van der Waals surface area contributed by atoms with Crippen molar-refractivity contribution >= 4 is 87.2 Å². The molecule has 0 amide bonds. The molecule has 11 aromatic rings. The van der Waals surface area contributed by atoms with Crippen LogP contribution in [-0.4, -0.2) is 0 Å². The molecule has 0 atom stereocenters. The van der Waals surface area contributed by atoms with Gasteiger partial charge in [0.05, 0.1) is 0 Å². The summed E-state index contributed by atoms with van der Waals surface area (Å²) in [4.78, 5) is 4.90. The van der Waals surface area contributed by atoms with E-state index in [0.29, 0.717) is 0 Å². The largest absolute Gasteiger partial charge is 0.310 e. The Labute approximate surface area is 397 Å². The topological polar surface area (TPSA) is 6.48 Å². The molecule has 322 valence electrons. The van der Waals surface area contributed by atoms with E-state index in [4.69, 9.17) is 0 Å². The Morgan fingerprint density at radius 2 is 0.746 bits per heavy atom. The first-order valence-electron chi connectivity index (χ1n) is 23.6. The third-order valence-corrected chi connectivity index (χ3v) is 16.3. The molecule has 0 bridgehead atoms. The van der Waals surface area contributed by atoms with Crippen LogP contribution in [-0.2, 0) is 10.8 Å². The summed E-state index contributed by atoms with van der Waals surface area (Å²) in [6, 6.07) is 73.3. The van der Waals surface area contributed by atoms with Gasteiger partial charge < -0.3 is 9.80 Å². The molecule has 0 N–H and O–H groups in total. The van der Waals surface area contributed by atoms with Gasteiger partial charge >= 0.3 is 0 Å². The summed E-state index contributed by atoms with van der Waals surface area (Å²) < 4.78 is 2.61. The van der Waals surface area contributed by atoms with Gasteiger partial charge in [0, 0.05) is 70.5 Å². The van der Waals surface area contributed by atoms with Crippen LogP contribution < -0.4 is 9.80 Å². The number of benzene rings is 10. The standard InChI is InChI=1S/C64H50N2S/c1-39-19-23-41(24-20-39)65(44-27-31-50-48-14-9-11-17-56(48)63(3,4)58(50)36-44)43-29-33-53-55(35-43)47-13-7-8-16-52(47)61-54-34-30-46(38-60(54)67-62(53)61)66(42-25-21-40(2)22-26-42)45-28-32-51-49-15-10-12-18-57(49)64(5,6)59(51)37-45/h7-38H,1-6H3. The molecule has 0 saturated heterocycles. The average Bonchev–Trinajstić information content (AvgIpc) is 3.93. The predicted molar refractivity (Wildman–Crippen MR) is 288 cm³/mol. The lowest BCUT2D eigenvalue weighted by atomic mass is 9.82. The van der Waals surface area contributed by atoms with Crippen LogP contribution in [0, 0.1) is 13.8 Å². The molecule has 0 spiro atoms. The zero-order valence-electron chi connectivity index (χ0n) is 38.8. The van der Waals surface area contributed by atoms with Crippen LogP contribution >= 0.6 is 11.3 Å². The summed E-state index contributed by atoms with van der Waals surface area (Å²) in [5.74, 6) is 0. The van der Waals surface area contributed by atoms with E-state index in [0.717, 1.165) is 28.4 Å². The molecule has 2 aliphatic carbocycles. The molecule has 10 aromatic carbocycles. The molecule has 2 aliphatic rings. The third-order valence-electron chi connectivity index (χ3n) is 15.2. The number of hydrogen-bond donors (Lipinski definition) is 0. The van der Waals surface area contributed by atoms with E-state index >= 15 is 0 Å². The van der Waals surface area contributed by atoms with Gasteiger partial charge in [-0.1, -0.05) is 160 Å². The monoisotopic (exact) mass is 878 g/mol. The molecule has 0 unspecified atom stereocenters. The number of thiophene rings is 1. The molecule has 3 heteroatoms. The molecular weight excluding hydrogens is 829 g/mol. The first kappa shape index (κ1) is 39.9. The third kappa shape index (κ3) is 5.94. The average molecular weight is 879 g/mol. The smallest absolute Gasteiger partial charge is 0.0476 e. The van der Waals surface area contributed by atoms with Crippen LogP contribution in [0.25, 0.3) is 64.0 Å². The van der Waals surface area contributed by atoms with E-state index in [1.54, 1.807) is 0 Å². The second-order valence-corrected chi connectivity index (χ2v) is 21.0. The number of rotatable bonds is 6. The fourth-order valence-electron chi connectivity index (χ4n) is 11.7. The summed E-state index contributed by atoms with van der Waals surface area (Å²) in [5.41, 5.74) is 20.1. The van der Waals surface area contributed by atoms with Crippen molar-refractivity contribution in [2.24, 2.45) is 0 Å². The molecule has 2 nitrogen and oxygen atoms in total. The van der Waals surface area contributed by atoms with Crippen molar-refractivity contribution in [3.05, 3.63) is 228 Å². The number of aryl methyl sites for hydroxylation is 2. The quantitative estimate of drug-likeness (QED) is 0.154. The van der Waals surface area contributed by atoms with Crippen molar-refractivity contribution in [2.75, 3.05) is 9.80 Å². The second-order valence-electron chi connectivity index (χ2n) is 19.9. The van der Waals surface area contributed by atoms with Crippen molar-refractivity contribution < 1.29 is 0 Å². The summed E-state index contributed by atoms with van der Waals surface area (Å²) in [6.07, 6.45) is 0. The Morgan fingerprint density at radius 3 is 1.30 bits per heavy atom. The Hall–Kier alpha value is -7.46. The molecule has 0 aliphatic heterocycles. The highest BCUT2D eigenvalue weighted by atomic mass is 32.1. The van der Waals surface area contributed by atoms with Gasteiger partial charge in [0.1, 0.15) is 0 Å². The van der Waals surface area contributed by atoms with Crippen molar-refractivity contribution in [2.45, 2.75) is 52.4 Å². The number of nitrogens with zero attached hydrogens (tertiary/aromatic N) is 2. The zero-order chi connectivity index (χ0) is 45.3. The van der Waals surface area contributed by atoms with Gasteiger partial charge in [-0.2, -0.15) is 0 Å². The summed E-state index contributed by atoms with van der Waals surface area (Å²) in [7, 11) is 0. The van der Waals surface area contributed by atoms with E-state index in [9.17, 15) is 0 Å². The Kier molecular flexibility index (Phi) is 8.64. The van der Waals surface area contributed by atoms with Gasteiger partial charge in [-0.3, -0.25) is 0 Å². The van der Waals surface area contributed by atoms with E-state index < -0.39 is 0 Å². The van der Waals surface area contributed by atoms with Crippen molar-refractivity contribution in [1.29, 1.82) is 0 Å². The fourth-order valence-corrected chi connectivity index (χ4v) is 12.9. The van der Waals surface area contributed by atoms with Crippen LogP contribution in [0.5, 0.6) is 0 Å². The second kappa shape index (κ2) is 14.5. The maximum absolute atomic E-state index is 2.45.